The van der Waals surface area contributed by atoms with E-state index in [2.05, 4.69) is 5.10 Å². The summed E-state index contributed by atoms with van der Waals surface area (Å²) in [5, 5.41) is 4.19. The van der Waals surface area contributed by atoms with Crippen LogP contribution in [0.2, 0.25) is 0 Å². The minimum Gasteiger partial charge on any atom is -0.334 e. The molecule has 88 valence electrons. The van der Waals surface area contributed by atoms with Crippen LogP contribution in [0, 0.1) is 6.92 Å². The average molecular weight is 247 g/mol. The number of aryl methyl sites for hydroxylation is 1. The van der Waals surface area contributed by atoms with E-state index >= 15 is 0 Å². The maximum Gasteiger partial charge on any atom is 0.264 e. The van der Waals surface area contributed by atoms with Crippen molar-refractivity contribution >= 4 is 17.2 Å². The molecule has 17 heavy (non-hydrogen) atoms. The molecule has 0 aliphatic carbocycles. The van der Waals surface area contributed by atoms with Crippen LogP contribution >= 0.6 is 11.3 Å². The highest BCUT2D eigenvalue weighted by Gasteiger charge is 2.33. The fourth-order valence-corrected chi connectivity index (χ4v) is 2.83. The zero-order chi connectivity index (χ0) is 11.8. The van der Waals surface area contributed by atoms with E-state index in [0.29, 0.717) is 6.04 Å². The molecule has 1 saturated heterocycles. The topological polar surface area (TPSA) is 38.1 Å². The zero-order valence-electron chi connectivity index (χ0n) is 9.54. The summed E-state index contributed by atoms with van der Waals surface area (Å²) in [5.41, 5.74) is 0. The molecule has 0 atom stereocenters. The Bertz CT molecular complexity index is 526. The number of thiophene rings is 1. The van der Waals surface area contributed by atoms with Gasteiger partial charge >= 0.3 is 0 Å². The Labute approximate surface area is 103 Å². The van der Waals surface area contributed by atoms with Crippen LogP contribution in [0.5, 0.6) is 0 Å². The van der Waals surface area contributed by atoms with Crippen molar-refractivity contribution in [1.29, 1.82) is 0 Å². The molecule has 3 rings (SSSR count). The molecule has 1 amide bonds. The quantitative estimate of drug-likeness (QED) is 0.813. The van der Waals surface area contributed by atoms with Crippen LogP contribution < -0.4 is 0 Å². The molecular weight excluding hydrogens is 234 g/mol. The molecule has 0 aromatic carbocycles. The molecule has 5 heteroatoms. The molecule has 1 fully saturated rings. The summed E-state index contributed by atoms with van der Waals surface area (Å²) < 4.78 is 1.92. The van der Waals surface area contributed by atoms with Crippen molar-refractivity contribution in [2.75, 3.05) is 13.1 Å². The maximum absolute atomic E-state index is 12.1. The minimum atomic E-state index is 0.145. The van der Waals surface area contributed by atoms with Crippen molar-refractivity contribution < 1.29 is 4.79 Å². The van der Waals surface area contributed by atoms with Crippen LogP contribution in [0.1, 0.15) is 20.6 Å². The number of amides is 1. The Balaban J connectivity index is 1.64. The largest absolute Gasteiger partial charge is 0.334 e. The van der Waals surface area contributed by atoms with Crippen molar-refractivity contribution in [3.63, 3.8) is 0 Å². The Hall–Kier alpha value is -1.62. The Kier molecular flexibility index (Phi) is 2.48. The highest BCUT2D eigenvalue weighted by atomic mass is 32.1. The minimum absolute atomic E-state index is 0.145. The summed E-state index contributed by atoms with van der Waals surface area (Å²) >= 11 is 1.56. The van der Waals surface area contributed by atoms with Gasteiger partial charge in [-0.15, -0.1) is 11.3 Å². The normalized spacial score (nSPS) is 15.9. The number of carbonyl (C=O) groups is 1. The van der Waals surface area contributed by atoms with Gasteiger partial charge in [-0.05, 0) is 25.1 Å². The van der Waals surface area contributed by atoms with Crippen LogP contribution in [0.25, 0.3) is 0 Å². The average Bonchev–Trinajstić information content (AvgIpc) is 2.86. The fraction of sp³-hybridized carbons (Fsp3) is 0.333. The van der Waals surface area contributed by atoms with Crippen molar-refractivity contribution in [2.45, 2.75) is 13.0 Å². The van der Waals surface area contributed by atoms with Gasteiger partial charge in [0, 0.05) is 30.4 Å². The summed E-state index contributed by atoms with van der Waals surface area (Å²) in [6.07, 6.45) is 3.72. The van der Waals surface area contributed by atoms with Crippen molar-refractivity contribution in [3.8, 4) is 0 Å². The summed E-state index contributed by atoms with van der Waals surface area (Å²) in [5.74, 6) is 0.145. The molecule has 1 aliphatic rings. The summed E-state index contributed by atoms with van der Waals surface area (Å²) in [6.45, 7) is 3.54. The first-order valence-corrected chi connectivity index (χ1v) is 6.40. The van der Waals surface area contributed by atoms with Crippen LogP contribution in [0.3, 0.4) is 0 Å². The second-order valence-corrected chi connectivity index (χ2v) is 5.55. The zero-order valence-corrected chi connectivity index (χ0v) is 10.4. The van der Waals surface area contributed by atoms with Crippen LogP contribution in [0.15, 0.2) is 30.6 Å². The first-order valence-electron chi connectivity index (χ1n) is 5.59. The van der Waals surface area contributed by atoms with Crippen molar-refractivity contribution in [1.82, 2.24) is 14.7 Å². The van der Waals surface area contributed by atoms with Gasteiger partial charge in [-0.1, -0.05) is 0 Å². The monoisotopic (exact) mass is 247 g/mol. The molecule has 2 aromatic rings. The second-order valence-electron chi connectivity index (χ2n) is 4.26. The number of rotatable bonds is 2. The van der Waals surface area contributed by atoms with E-state index in [4.69, 9.17) is 0 Å². The van der Waals surface area contributed by atoms with Crippen molar-refractivity contribution in [3.05, 3.63) is 40.3 Å². The van der Waals surface area contributed by atoms with Gasteiger partial charge in [0.25, 0.3) is 5.91 Å². The number of carbonyl (C=O) groups excluding carboxylic acids is 1. The molecule has 0 bridgehead atoms. The SMILES string of the molecule is Cc1ccc(C(=O)N2CC(n3cccn3)C2)s1. The van der Waals surface area contributed by atoms with Gasteiger partial charge in [0.1, 0.15) is 0 Å². The van der Waals surface area contributed by atoms with E-state index in [0.717, 1.165) is 18.0 Å². The summed E-state index contributed by atoms with van der Waals surface area (Å²) in [6, 6.07) is 6.15. The summed E-state index contributed by atoms with van der Waals surface area (Å²) in [7, 11) is 0. The third kappa shape index (κ3) is 1.86. The van der Waals surface area contributed by atoms with Crippen molar-refractivity contribution in [2.24, 2.45) is 0 Å². The second kappa shape index (κ2) is 4.00. The van der Waals surface area contributed by atoms with E-state index in [1.807, 2.05) is 40.9 Å². The molecule has 1 aliphatic heterocycles. The van der Waals surface area contributed by atoms with Gasteiger partial charge in [-0.25, -0.2) is 0 Å². The highest BCUT2D eigenvalue weighted by Crippen LogP contribution is 2.25. The molecule has 4 nitrogen and oxygen atoms in total. The lowest BCUT2D eigenvalue weighted by Gasteiger charge is -2.38. The molecule has 2 aromatic heterocycles. The lowest BCUT2D eigenvalue weighted by molar-refractivity contribution is 0.0506. The first kappa shape index (κ1) is 10.5. The predicted molar refractivity (Wildman–Crippen MR) is 66.2 cm³/mol. The van der Waals surface area contributed by atoms with E-state index in [1.54, 1.807) is 17.5 Å². The Morgan fingerprint density at radius 1 is 1.47 bits per heavy atom. The Morgan fingerprint density at radius 3 is 2.88 bits per heavy atom. The molecule has 0 saturated carbocycles. The molecule has 0 radical (unpaired) electrons. The first-order chi connectivity index (χ1) is 8.24. The summed E-state index contributed by atoms with van der Waals surface area (Å²) in [4.78, 5) is 15.9. The Morgan fingerprint density at radius 2 is 2.29 bits per heavy atom. The number of hydrogen-bond donors (Lipinski definition) is 0. The van der Waals surface area contributed by atoms with Crippen LogP contribution in [0.4, 0.5) is 0 Å². The molecule has 3 heterocycles. The smallest absolute Gasteiger partial charge is 0.264 e. The van der Waals surface area contributed by atoms with Gasteiger partial charge in [-0.3, -0.25) is 9.48 Å². The van der Waals surface area contributed by atoms with Gasteiger partial charge in [0.15, 0.2) is 0 Å². The van der Waals surface area contributed by atoms with E-state index < -0.39 is 0 Å². The van der Waals surface area contributed by atoms with E-state index in [9.17, 15) is 4.79 Å². The van der Waals surface area contributed by atoms with Gasteiger partial charge < -0.3 is 4.90 Å². The number of nitrogens with zero attached hydrogens (tertiary/aromatic N) is 3. The molecule has 0 N–H and O–H groups in total. The number of aromatic nitrogens is 2. The lowest BCUT2D eigenvalue weighted by atomic mass is 10.1. The van der Waals surface area contributed by atoms with E-state index in [1.165, 1.54) is 4.88 Å². The molecule has 0 unspecified atom stereocenters. The van der Waals surface area contributed by atoms with Gasteiger partial charge in [-0.2, -0.15) is 5.10 Å². The third-order valence-corrected chi connectivity index (χ3v) is 3.99. The maximum atomic E-state index is 12.1. The van der Waals surface area contributed by atoms with Crippen LogP contribution in [-0.4, -0.2) is 33.7 Å². The van der Waals surface area contributed by atoms with Gasteiger partial charge in [0.05, 0.1) is 10.9 Å². The predicted octanol–water partition coefficient (Wildman–Crippen LogP) is 1.95. The lowest BCUT2D eigenvalue weighted by Crippen LogP contribution is -2.50. The number of hydrogen-bond acceptors (Lipinski definition) is 3. The third-order valence-electron chi connectivity index (χ3n) is 3.00. The van der Waals surface area contributed by atoms with Crippen LogP contribution in [-0.2, 0) is 0 Å². The molecular formula is C12H13N3OS. The molecule has 0 spiro atoms. The van der Waals surface area contributed by atoms with Gasteiger partial charge in [0.2, 0.25) is 0 Å². The highest BCUT2D eigenvalue weighted by molar-refractivity contribution is 7.13. The fourth-order valence-electron chi connectivity index (χ4n) is 1.99. The standard InChI is InChI=1S/C12H13N3OS/c1-9-3-4-11(17-9)12(16)14-7-10(8-14)15-6-2-5-13-15/h2-6,10H,7-8H2,1H3. The number of likely N-dealkylation sites (tertiary alicyclic amines) is 1. The van der Waals surface area contributed by atoms with E-state index in [-0.39, 0.29) is 5.91 Å².